The van der Waals surface area contributed by atoms with Gasteiger partial charge in [-0.1, -0.05) is 17.8 Å². The number of pyridine rings is 1. The average molecular weight is 235 g/mol. The van der Waals surface area contributed by atoms with Gasteiger partial charge in [0, 0.05) is 17.5 Å². The first-order chi connectivity index (χ1) is 7.57. The van der Waals surface area contributed by atoms with Crippen molar-refractivity contribution in [3.8, 4) is 0 Å². The third-order valence-corrected chi connectivity index (χ3v) is 3.79. The first-order valence-corrected chi connectivity index (χ1v) is 6.45. The summed E-state index contributed by atoms with van der Waals surface area (Å²) in [6.07, 6.45) is 1.81. The van der Waals surface area contributed by atoms with Crippen molar-refractivity contribution in [3.05, 3.63) is 30.1 Å². The van der Waals surface area contributed by atoms with Crippen molar-refractivity contribution in [3.63, 3.8) is 0 Å². The molecule has 1 aliphatic rings. The molecule has 0 spiro atoms. The molecule has 16 heavy (non-hydrogen) atoms. The molecule has 1 aliphatic heterocycles. The second-order valence-corrected chi connectivity index (χ2v) is 5.63. The molecule has 0 amide bonds. The topological polar surface area (TPSA) is 37.3 Å². The number of aliphatic imine (C=N–C) groups is 1. The Kier molecular flexibility index (Phi) is 3.19. The van der Waals surface area contributed by atoms with E-state index in [-0.39, 0.29) is 11.6 Å². The lowest BCUT2D eigenvalue weighted by atomic mass is 10.1. The minimum atomic E-state index is 0.116. The second-order valence-electron chi connectivity index (χ2n) is 4.66. The Morgan fingerprint density at radius 1 is 1.50 bits per heavy atom. The molecule has 0 aromatic carbocycles. The van der Waals surface area contributed by atoms with E-state index in [4.69, 9.17) is 0 Å². The third kappa shape index (κ3) is 2.76. The zero-order valence-electron chi connectivity index (χ0n) is 9.90. The quantitative estimate of drug-likeness (QED) is 0.856. The number of hydrogen-bond donors (Lipinski definition) is 1. The summed E-state index contributed by atoms with van der Waals surface area (Å²) in [5, 5.41) is 4.45. The molecular formula is C12H17N3S. The highest BCUT2D eigenvalue weighted by atomic mass is 32.2. The standard InChI is InChI=1S/C12H17N3S/c1-9(10-6-4-5-7-13-10)14-11-15-12(2,3)8-16-11/h4-7,9H,8H2,1-3H3,(H,14,15). The van der Waals surface area contributed by atoms with E-state index in [1.54, 1.807) is 11.8 Å². The molecule has 2 rings (SSSR count). The normalized spacial score (nSPS) is 23.1. The van der Waals surface area contributed by atoms with Gasteiger partial charge in [0.2, 0.25) is 0 Å². The Morgan fingerprint density at radius 3 is 2.88 bits per heavy atom. The molecule has 2 heterocycles. The highest BCUT2D eigenvalue weighted by Gasteiger charge is 2.27. The number of rotatable bonds is 2. The summed E-state index contributed by atoms with van der Waals surface area (Å²) in [6, 6.07) is 6.05. The first kappa shape index (κ1) is 11.5. The van der Waals surface area contributed by atoms with Gasteiger partial charge in [-0.3, -0.25) is 9.98 Å². The monoisotopic (exact) mass is 235 g/mol. The van der Waals surface area contributed by atoms with Crippen molar-refractivity contribution in [1.29, 1.82) is 0 Å². The molecule has 3 nitrogen and oxygen atoms in total. The fourth-order valence-electron chi connectivity index (χ4n) is 1.55. The van der Waals surface area contributed by atoms with Crippen molar-refractivity contribution in [2.75, 3.05) is 5.75 Å². The van der Waals surface area contributed by atoms with Crippen LogP contribution in [-0.4, -0.2) is 21.4 Å². The molecule has 1 unspecified atom stereocenters. The fraction of sp³-hybridized carbons (Fsp3) is 0.500. The van der Waals surface area contributed by atoms with Crippen LogP contribution in [-0.2, 0) is 0 Å². The van der Waals surface area contributed by atoms with Gasteiger partial charge in [-0.25, -0.2) is 0 Å². The SMILES string of the molecule is CC(N=C1NC(C)(C)CS1)c1ccccn1. The lowest BCUT2D eigenvalue weighted by Crippen LogP contribution is -2.37. The van der Waals surface area contributed by atoms with Crippen LogP contribution in [0.15, 0.2) is 29.4 Å². The van der Waals surface area contributed by atoms with Crippen molar-refractivity contribution < 1.29 is 0 Å². The number of nitrogens with one attached hydrogen (secondary N) is 1. The summed E-state index contributed by atoms with van der Waals surface area (Å²) in [4.78, 5) is 8.96. The highest BCUT2D eigenvalue weighted by Crippen LogP contribution is 2.24. The van der Waals surface area contributed by atoms with Gasteiger partial charge in [0.15, 0.2) is 5.17 Å². The zero-order valence-corrected chi connectivity index (χ0v) is 10.7. The van der Waals surface area contributed by atoms with Crippen LogP contribution in [0, 0.1) is 0 Å². The summed E-state index contributed by atoms with van der Waals surface area (Å²) in [7, 11) is 0. The van der Waals surface area contributed by atoms with E-state index in [1.165, 1.54) is 0 Å². The number of hydrogen-bond acceptors (Lipinski definition) is 3. The number of nitrogens with zero attached hydrogens (tertiary/aromatic N) is 2. The van der Waals surface area contributed by atoms with Crippen molar-refractivity contribution >= 4 is 16.9 Å². The van der Waals surface area contributed by atoms with Crippen molar-refractivity contribution in [2.24, 2.45) is 4.99 Å². The van der Waals surface area contributed by atoms with E-state index in [0.717, 1.165) is 16.6 Å². The van der Waals surface area contributed by atoms with Crippen LogP contribution >= 0.6 is 11.8 Å². The smallest absolute Gasteiger partial charge is 0.157 e. The summed E-state index contributed by atoms with van der Waals surface area (Å²) >= 11 is 1.78. The Labute approximate surface area is 101 Å². The van der Waals surface area contributed by atoms with Crippen LogP contribution in [0.2, 0.25) is 0 Å². The molecule has 0 aliphatic carbocycles. The van der Waals surface area contributed by atoms with Crippen LogP contribution in [0.3, 0.4) is 0 Å². The van der Waals surface area contributed by atoms with Crippen LogP contribution < -0.4 is 5.32 Å². The number of aromatic nitrogens is 1. The Balaban J connectivity index is 2.08. The lowest BCUT2D eigenvalue weighted by molar-refractivity contribution is 0.535. The van der Waals surface area contributed by atoms with Gasteiger partial charge >= 0.3 is 0 Å². The first-order valence-electron chi connectivity index (χ1n) is 5.46. The van der Waals surface area contributed by atoms with Crippen molar-refractivity contribution in [1.82, 2.24) is 10.3 Å². The summed E-state index contributed by atoms with van der Waals surface area (Å²) in [5.41, 5.74) is 1.18. The van der Waals surface area contributed by atoms with E-state index < -0.39 is 0 Å². The maximum atomic E-state index is 4.65. The van der Waals surface area contributed by atoms with Gasteiger partial charge in [0.05, 0.1) is 11.7 Å². The largest absolute Gasteiger partial charge is 0.359 e. The van der Waals surface area contributed by atoms with Gasteiger partial charge < -0.3 is 5.32 Å². The Morgan fingerprint density at radius 2 is 2.31 bits per heavy atom. The van der Waals surface area contributed by atoms with E-state index >= 15 is 0 Å². The summed E-state index contributed by atoms with van der Waals surface area (Å²) in [6.45, 7) is 6.45. The molecular weight excluding hydrogens is 218 g/mol. The zero-order chi connectivity index (χ0) is 11.6. The minimum absolute atomic E-state index is 0.116. The minimum Gasteiger partial charge on any atom is -0.359 e. The van der Waals surface area contributed by atoms with Gasteiger partial charge in [-0.2, -0.15) is 0 Å². The predicted octanol–water partition coefficient (Wildman–Crippen LogP) is 2.61. The average Bonchev–Trinajstić information content (AvgIpc) is 2.59. The second kappa shape index (κ2) is 4.45. The highest BCUT2D eigenvalue weighted by molar-refractivity contribution is 8.14. The summed E-state index contributed by atoms with van der Waals surface area (Å²) < 4.78 is 0. The molecule has 1 aromatic rings. The van der Waals surface area contributed by atoms with Gasteiger partial charge in [0.1, 0.15) is 0 Å². The molecule has 1 atom stereocenters. The van der Waals surface area contributed by atoms with Crippen LogP contribution in [0.4, 0.5) is 0 Å². The Hall–Kier alpha value is -1.03. The van der Waals surface area contributed by atoms with E-state index in [1.807, 2.05) is 24.4 Å². The number of amidine groups is 1. The van der Waals surface area contributed by atoms with Crippen LogP contribution in [0.5, 0.6) is 0 Å². The molecule has 1 aromatic heterocycles. The third-order valence-electron chi connectivity index (χ3n) is 2.44. The van der Waals surface area contributed by atoms with Gasteiger partial charge in [0.25, 0.3) is 0 Å². The van der Waals surface area contributed by atoms with Crippen LogP contribution in [0.25, 0.3) is 0 Å². The maximum absolute atomic E-state index is 4.65. The molecule has 1 saturated heterocycles. The van der Waals surface area contributed by atoms with E-state index in [9.17, 15) is 0 Å². The fourth-order valence-corrected chi connectivity index (χ4v) is 2.70. The number of thioether (sulfide) groups is 1. The van der Waals surface area contributed by atoms with E-state index in [0.29, 0.717) is 0 Å². The lowest BCUT2D eigenvalue weighted by Gasteiger charge is -2.16. The molecule has 0 radical (unpaired) electrons. The molecule has 0 saturated carbocycles. The van der Waals surface area contributed by atoms with Gasteiger partial charge in [-0.15, -0.1) is 0 Å². The van der Waals surface area contributed by atoms with E-state index in [2.05, 4.69) is 36.1 Å². The van der Waals surface area contributed by atoms with Gasteiger partial charge in [-0.05, 0) is 32.9 Å². The molecule has 1 fully saturated rings. The summed E-state index contributed by atoms with van der Waals surface area (Å²) in [5.74, 6) is 1.07. The molecule has 4 heteroatoms. The molecule has 86 valence electrons. The van der Waals surface area contributed by atoms with Crippen molar-refractivity contribution in [2.45, 2.75) is 32.4 Å². The molecule has 0 bridgehead atoms. The molecule has 1 N–H and O–H groups in total. The van der Waals surface area contributed by atoms with Crippen LogP contribution in [0.1, 0.15) is 32.5 Å². The maximum Gasteiger partial charge on any atom is 0.157 e. The Bertz CT molecular complexity index is 387. The predicted molar refractivity (Wildman–Crippen MR) is 69.8 cm³/mol.